The van der Waals surface area contributed by atoms with E-state index >= 15 is 0 Å². The number of amides is 1. The van der Waals surface area contributed by atoms with E-state index in [1.54, 1.807) is 0 Å². The van der Waals surface area contributed by atoms with Gasteiger partial charge < -0.3 is 9.72 Å². The molecule has 0 aliphatic heterocycles. The number of pyridine rings is 1. The summed E-state index contributed by atoms with van der Waals surface area (Å²) < 4.78 is 1.92. The molecular weight excluding hydrogens is 226 g/mol. The topological polar surface area (TPSA) is 46.4 Å². The zero-order valence-corrected chi connectivity index (χ0v) is 11.1. The number of fused-ring (bicyclic) bond motifs is 1. The Morgan fingerprint density at radius 1 is 1.44 bits per heavy atom. The van der Waals surface area contributed by atoms with Gasteiger partial charge in [-0.1, -0.05) is 13.0 Å². The zero-order chi connectivity index (χ0) is 13.2. The number of rotatable bonds is 4. The van der Waals surface area contributed by atoms with Crippen LogP contribution < -0.4 is 5.32 Å². The Hall–Kier alpha value is -1.84. The fourth-order valence-electron chi connectivity index (χ4n) is 1.75. The van der Waals surface area contributed by atoms with Crippen LogP contribution in [0.2, 0.25) is 0 Å². The zero-order valence-electron chi connectivity index (χ0n) is 11.1. The molecule has 2 rings (SSSR count). The Balaban J connectivity index is 2.07. The molecule has 0 unspecified atom stereocenters. The van der Waals surface area contributed by atoms with Gasteiger partial charge in [0.1, 0.15) is 5.65 Å². The first-order valence-corrected chi connectivity index (χ1v) is 6.24. The lowest BCUT2D eigenvalue weighted by molar-refractivity contribution is -0.122. The van der Waals surface area contributed by atoms with Gasteiger partial charge in [0.15, 0.2) is 0 Å². The molecule has 96 valence electrons. The van der Waals surface area contributed by atoms with Crippen molar-refractivity contribution in [3.05, 3.63) is 36.3 Å². The van der Waals surface area contributed by atoms with Crippen molar-refractivity contribution < 1.29 is 4.79 Å². The van der Waals surface area contributed by atoms with Crippen LogP contribution in [0.15, 0.2) is 30.6 Å². The van der Waals surface area contributed by atoms with E-state index in [-0.39, 0.29) is 11.4 Å². The molecule has 2 aromatic heterocycles. The molecule has 0 aromatic carbocycles. The van der Waals surface area contributed by atoms with Crippen molar-refractivity contribution in [2.75, 3.05) is 0 Å². The largest absolute Gasteiger partial charge is 0.351 e. The van der Waals surface area contributed by atoms with Gasteiger partial charge in [-0.2, -0.15) is 0 Å². The van der Waals surface area contributed by atoms with Crippen LogP contribution in [-0.2, 0) is 11.2 Å². The number of nitrogens with one attached hydrogen (secondary N) is 1. The van der Waals surface area contributed by atoms with Crippen molar-refractivity contribution in [3.63, 3.8) is 0 Å². The Labute approximate surface area is 107 Å². The quantitative estimate of drug-likeness (QED) is 0.897. The fourth-order valence-corrected chi connectivity index (χ4v) is 1.75. The van der Waals surface area contributed by atoms with Crippen LogP contribution in [0, 0.1) is 0 Å². The van der Waals surface area contributed by atoms with Crippen molar-refractivity contribution in [3.8, 4) is 0 Å². The molecule has 0 spiro atoms. The molecular formula is C14H19N3O. The van der Waals surface area contributed by atoms with E-state index in [4.69, 9.17) is 0 Å². The Morgan fingerprint density at radius 3 is 2.89 bits per heavy atom. The first kappa shape index (κ1) is 12.6. The molecule has 2 heterocycles. The van der Waals surface area contributed by atoms with Crippen molar-refractivity contribution in [1.82, 2.24) is 14.7 Å². The summed E-state index contributed by atoms with van der Waals surface area (Å²) in [5.41, 5.74) is 1.51. The fraction of sp³-hybridized carbons (Fsp3) is 0.429. The molecule has 0 aliphatic carbocycles. The van der Waals surface area contributed by atoms with E-state index in [0.717, 1.165) is 17.8 Å². The lowest BCUT2D eigenvalue weighted by atomic mass is 10.0. The van der Waals surface area contributed by atoms with Crippen molar-refractivity contribution in [2.24, 2.45) is 0 Å². The van der Waals surface area contributed by atoms with E-state index in [0.29, 0.717) is 6.42 Å². The van der Waals surface area contributed by atoms with Gasteiger partial charge in [-0.25, -0.2) is 4.98 Å². The summed E-state index contributed by atoms with van der Waals surface area (Å²) in [6.45, 7) is 6.11. The third kappa shape index (κ3) is 2.88. The third-order valence-electron chi connectivity index (χ3n) is 3.12. The van der Waals surface area contributed by atoms with E-state index in [9.17, 15) is 4.79 Å². The molecule has 1 N–H and O–H groups in total. The summed E-state index contributed by atoms with van der Waals surface area (Å²) in [7, 11) is 0. The van der Waals surface area contributed by atoms with Gasteiger partial charge in [0.25, 0.3) is 0 Å². The third-order valence-corrected chi connectivity index (χ3v) is 3.12. The monoisotopic (exact) mass is 245 g/mol. The SMILES string of the molecule is CCC(C)(C)NC(=O)Cc1cn2ccccc2n1. The number of carbonyl (C=O) groups is 1. The van der Waals surface area contributed by atoms with E-state index < -0.39 is 0 Å². The normalized spacial score (nSPS) is 11.7. The van der Waals surface area contributed by atoms with Gasteiger partial charge in [0, 0.05) is 17.9 Å². The average Bonchev–Trinajstić information content (AvgIpc) is 2.70. The second-order valence-corrected chi connectivity index (χ2v) is 5.16. The van der Waals surface area contributed by atoms with Gasteiger partial charge in [-0.3, -0.25) is 4.79 Å². The standard InChI is InChI=1S/C14H19N3O/c1-4-14(2,3)16-13(18)9-11-10-17-8-6-5-7-12(17)15-11/h5-8,10H,4,9H2,1-3H3,(H,16,18). The van der Waals surface area contributed by atoms with Crippen LogP contribution in [0.5, 0.6) is 0 Å². The second-order valence-electron chi connectivity index (χ2n) is 5.16. The number of carbonyl (C=O) groups excluding carboxylic acids is 1. The molecule has 2 aromatic rings. The first-order valence-electron chi connectivity index (χ1n) is 6.24. The Kier molecular flexibility index (Phi) is 3.36. The van der Waals surface area contributed by atoms with Crippen LogP contribution in [0.25, 0.3) is 5.65 Å². The highest BCUT2D eigenvalue weighted by atomic mass is 16.1. The summed E-state index contributed by atoms with van der Waals surface area (Å²) in [5.74, 6) is 0.0188. The maximum Gasteiger partial charge on any atom is 0.226 e. The molecule has 18 heavy (non-hydrogen) atoms. The van der Waals surface area contributed by atoms with E-state index in [2.05, 4.69) is 17.2 Å². The highest BCUT2D eigenvalue weighted by Gasteiger charge is 2.18. The first-order chi connectivity index (χ1) is 8.50. The summed E-state index contributed by atoms with van der Waals surface area (Å²) in [6, 6.07) is 5.81. The molecule has 0 aliphatic rings. The smallest absolute Gasteiger partial charge is 0.226 e. The molecule has 0 radical (unpaired) electrons. The summed E-state index contributed by atoms with van der Waals surface area (Å²) >= 11 is 0. The van der Waals surface area contributed by atoms with Gasteiger partial charge in [-0.15, -0.1) is 0 Å². The lowest BCUT2D eigenvalue weighted by Crippen LogP contribution is -2.43. The minimum absolute atomic E-state index is 0.0188. The molecule has 0 saturated heterocycles. The molecule has 1 amide bonds. The van der Waals surface area contributed by atoms with Gasteiger partial charge >= 0.3 is 0 Å². The van der Waals surface area contributed by atoms with Crippen LogP contribution in [0.1, 0.15) is 32.9 Å². The number of imidazole rings is 1. The number of nitrogens with zero attached hydrogens (tertiary/aromatic N) is 2. The molecule has 0 saturated carbocycles. The maximum absolute atomic E-state index is 11.9. The Morgan fingerprint density at radius 2 is 2.22 bits per heavy atom. The molecule has 0 bridgehead atoms. The molecule has 0 fully saturated rings. The second kappa shape index (κ2) is 4.80. The number of hydrogen-bond acceptors (Lipinski definition) is 2. The summed E-state index contributed by atoms with van der Waals surface area (Å²) in [4.78, 5) is 16.3. The van der Waals surface area contributed by atoms with Gasteiger partial charge in [-0.05, 0) is 32.4 Å². The van der Waals surface area contributed by atoms with Gasteiger partial charge in [0.2, 0.25) is 5.91 Å². The van der Waals surface area contributed by atoms with Gasteiger partial charge in [0.05, 0.1) is 12.1 Å². The maximum atomic E-state index is 11.9. The van der Waals surface area contributed by atoms with Crippen LogP contribution in [-0.4, -0.2) is 20.8 Å². The average molecular weight is 245 g/mol. The molecule has 4 nitrogen and oxygen atoms in total. The Bertz CT molecular complexity index is 524. The molecule has 0 atom stereocenters. The van der Waals surface area contributed by atoms with Crippen LogP contribution in [0.4, 0.5) is 0 Å². The van der Waals surface area contributed by atoms with Crippen molar-refractivity contribution in [1.29, 1.82) is 0 Å². The highest BCUT2D eigenvalue weighted by molar-refractivity contribution is 5.79. The number of hydrogen-bond donors (Lipinski definition) is 1. The summed E-state index contributed by atoms with van der Waals surface area (Å²) in [5, 5.41) is 3.01. The minimum atomic E-state index is -0.157. The van der Waals surface area contributed by atoms with Crippen LogP contribution in [0.3, 0.4) is 0 Å². The van der Waals surface area contributed by atoms with E-state index in [1.807, 2.05) is 48.8 Å². The lowest BCUT2D eigenvalue weighted by Gasteiger charge is -2.24. The highest BCUT2D eigenvalue weighted by Crippen LogP contribution is 2.09. The minimum Gasteiger partial charge on any atom is -0.351 e. The number of aromatic nitrogens is 2. The predicted molar refractivity (Wildman–Crippen MR) is 71.4 cm³/mol. The van der Waals surface area contributed by atoms with Crippen molar-refractivity contribution in [2.45, 2.75) is 39.2 Å². The van der Waals surface area contributed by atoms with Crippen LogP contribution >= 0.6 is 0 Å². The molecule has 4 heteroatoms. The van der Waals surface area contributed by atoms with Crippen molar-refractivity contribution >= 4 is 11.6 Å². The van der Waals surface area contributed by atoms with E-state index in [1.165, 1.54) is 0 Å². The summed E-state index contributed by atoms with van der Waals surface area (Å²) in [6.07, 6.45) is 5.06. The predicted octanol–water partition coefficient (Wildman–Crippen LogP) is 2.18.